The van der Waals surface area contributed by atoms with E-state index in [0.717, 1.165) is 122 Å². The SMILES string of the molecule is CC/C=C\C/C=C\C/C=C\C/C=C\C/C=C\C/C=C\C/C=C\C/C=C\C/C=C\C/C=C\C/C=C\CCCCCCCC(=O)OC(COC(=O)CCCCCCCCCCCCCCCCCCCCCCCCCCCCCCCCCCCC)COP(=O)(O)OCCN. The number of nitrogens with two attached hydrogens (primary N) is 1. The number of hydrogen-bond acceptors (Lipinski definition) is 8. The van der Waals surface area contributed by atoms with E-state index in [1.807, 2.05) is 0 Å². The highest BCUT2D eigenvalue weighted by Gasteiger charge is 2.26. The Kier molecular flexibility index (Phi) is 74.9. The number of ether oxygens (including phenoxy) is 2. The maximum Gasteiger partial charge on any atom is 0.472 e. The highest BCUT2D eigenvalue weighted by atomic mass is 31.2. The molecule has 0 aromatic heterocycles. The average molecular weight is 1330 g/mol. The second kappa shape index (κ2) is 78.1. The summed E-state index contributed by atoms with van der Waals surface area (Å²) < 4.78 is 33.2. The van der Waals surface area contributed by atoms with Crippen LogP contribution in [0, 0.1) is 0 Å². The van der Waals surface area contributed by atoms with Gasteiger partial charge in [0.25, 0.3) is 0 Å². The fourth-order valence-electron chi connectivity index (χ4n) is 11.1. The molecule has 0 fully saturated rings. The third-order valence-electron chi connectivity index (χ3n) is 16.8. The third kappa shape index (κ3) is 77.2. The van der Waals surface area contributed by atoms with E-state index in [1.54, 1.807) is 0 Å². The van der Waals surface area contributed by atoms with Crippen molar-refractivity contribution in [3.05, 3.63) is 134 Å². The lowest BCUT2D eigenvalue weighted by Gasteiger charge is -2.19. The Morgan fingerprint density at radius 3 is 0.872 bits per heavy atom. The number of rotatable bonds is 73. The van der Waals surface area contributed by atoms with Gasteiger partial charge in [0.2, 0.25) is 0 Å². The number of carbonyl (C=O) groups excluding carboxylic acids is 2. The van der Waals surface area contributed by atoms with E-state index in [4.69, 9.17) is 24.3 Å². The lowest BCUT2D eigenvalue weighted by atomic mass is 10.0. The second-order valence-electron chi connectivity index (χ2n) is 25.9. The number of phosphoric ester groups is 1. The van der Waals surface area contributed by atoms with Crippen molar-refractivity contribution in [2.24, 2.45) is 5.73 Å². The van der Waals surface area contributed by atoms with Crippen molar-refractivity contribution in [1.82, 2.24) is 0 Å². The molecular formula is C84H146NO8P. The molecule has 94 heavy (non-hydrogen) atoms. The van der Waals surface area contributed by atoms with E-state index in [9.17, 15) is 19.0 Å². The molecule has 0 spiro atoms. The number of phosphoric acid groups is 1. The maximum absolute atomic E-state index is 12.8. The first-order chi connectivity index (χ1) is 46.3. The van der Waals surface area contributed by atoms with Crippen LogP contribution in [-0.4, -0.2) is 49.3 Å². The molecule has 0 aliphatic carbocycles. The van der Waals surface area contributed by atoms with Gasteiger partial charge in [-0.15, -0.1) is 0 Å². The Balaban J connectivity index is 3.91. The van der Waals surface area contributed by atoms with Crippen LogP contribution in [0.2, 0.25) is 0 Å². The van der Waals surface area contributed by atoms with Gasteiger partial charge in [-0.2, -0.15) is 0 Å². The minimum absolute atomic E-state index is 0.0450. The van der Waals surface area contributed by atoms with Crippen molar-refractivity contribution in [1.29, 1.82) is 0 Å². The van der Waals surface area contributed by atoms with Gasteiger partial charge in [0.15, 0.2) is 6.10 Å². The molecule has 0 saturated carbocycles. The van der Waals surface area contributed by atoms with Gasteiger partial charge in [0.1, 0.15) is 6.61 Å². The van der Waals surface area contributed by atoms with Gasteiger partial charge < -0.3 is 20.1 Å². The van der Waals surface area contributed by atoms with E-state index >= 15 is 0 Å². The quantitative estimate of drug-likeness (QED) is 0.0264. The Labute approximate surface area is 580 Å². The summed E-state index contributed by atoms with van der Waals surface area (Å²) in [5, 5.41) is 0. The van der Waals surface area contributed by atoms with Crippen LogP contribution in [0.25, 0.3) is 0 Å². The molecule has 0 amide bonds. The minimum Gasteiger partial charge on any atom is -0.462 e. The lowest BCUT2D eigenvalue weighted by Crippen LogP contribution is -2.29. The number of unbranched alkanes of at least 4 members (excludes halogenated alkanes) is 38. The van der Waals surface area contributed by atoms with Gasteiger partial charge in [0.05, 0.1) is 13.2 Å². The summed E-state index contributed by atoms with van der Waals surface area (Å²) in [6.45, 7) is 3.64. The molecule has 2 unspecified atom stereocenters. The van der Waals surface area contributed by atoms with E-state index in [1.165, 1.54) is 199 Å². The highest BCUT2D eigenvalue weighted by Crippen LogP contribution is 2.43. The zero-order valence-electron chi connectivity index (χ0n) is 60.9. The second-order valence-corrected chi connectivity index (χ2v) is 27.3. The van der Waals surface area contributed by atoms with Crippen LogP contribution in [0.1, 0.15) is 354 Å². The van der Waals surface area contributed by atoms with Crippen LogP contribution in [0.3, 0.4) is 0 Å². The monoisotopic (exact) mass is 1330 g/mol. The summed E-state index contributed by atoms with van der Waals surface area (Å²) in [5.74, 6) is -0.844. The molecule has 10 heteroatoms. The standard InChI is InChI=1S/C84H146NO8P/c1-3-5-7-9-11-13-15-17-19-21-23-25-27-29-31-33-35-37-39-40-41-42-43-45-47-49-51-53-55-57-59-61-63-65-67-69-71-73-75-77-84(87)93-82(81-92-94(88,89)91-79-78-85)80-90-83(86)76-74-72-70-68-66-64-62-60-58-56-54-52-50-48-46-44-38-36-34-32-30-28-26-24-22-20-18-16-14-12-10-8-6-4-2/h5,7,11,13,17,19,23,25,29,31,35,37,40-41,43,45,49,51,55,57,61,63,82H,3-4,6,8-10,12,14-16,18,20-22,24,26-28,30,32-34,36,38-39,42,44,46-48,50,52-54,56,58-60,62,64-81,85H2,1-2H3,(H,88,89)/b7-5-,13-11-,19-17-,25-23-,31-29-,37-35-,41-40-,45-43-,51-49-,57-55-,63-61-. The number of hydrogen-bond donors (Lipinski definition) is 2. The molecule has 0 aromatic carbocycles. The fourth-order valence-corrected chi connectivity index (χ4v) is 11.8. The zero-order valence-corrected chi connectivity index (χ0v) is 61.8. The van der Waals surface area contributed by atoms with E-state index in [2.05, 4.69) is 148 Å². The Morgan fingerprint density at radius 1 is 0.330 bits per heavy atom. The molecule has 0 rings (SSSR count). The van der Waals surface area contributed by atoms with Gasteiger partial charge in [-0.05, 0) is 96.3 Å². The smallest absolute Gasteiger partial charge is 0.462 e. The van der Waals surface area contributed by atoms with Crippen LogP contribution in [0.4, 0.5) is 0 Å². The highest BCUT2D eigenvalue weighted by molar-refractivity contribution is 7.47. The summed E-state index contributed by atoms with van der Waals surface area (Å²) in [4.78, 5) is 35.4. The molecule has 2 atom stereocenters. The number of esters is 2. The Bertz CT molecular complexity index is 2010. The van der Waals surface area contributed by atoms with Gasteiger partial charge in [-0.1, -0.05) is 379 Å². The summed E-state index contributed by atoms with van der Waals surface area (Å²) in [7, 11) is -4.41. The van der Waals surface area contributed by atoms with E-state index in [-0.39, 0.29) is 38.6 Å². The first-order valence-electron chi connectivity index (χ1n) is 39.2. The Morgan fingerprint density at radius 2 is 0.585 bits per heavy atom. The normalized spacial score (nSPS) is 13.6. The zero-order chi connectivity index (χ0) is 67.9. The fraction of sp³-hybridized carbons (Fsp3) is 0.714. The summed E-state index contributed by atoms with van der Waals surface area (Å²) in [6.07, 6.45) is 112. The third-order valence-corrected chi connectivity index (χ3v) is 17.8. The summed E-state index contributed by atoms with van der Waals surface area (Å²) in [5.41, 5.74) is 5.41. The molecule has 3 N–H and O–H groups in total. The molecular weight excluding hydrogens is 1180 g/mol. The lowest BCUT2D eigenvalue weighted by molar-refractivity contribution is -0.161. The van der Waals surface area contributed by atoms with Crippen LogP contribution in [-0.2, 0) is 32.7 Å². The van der Waals surface area contributed by atoms with Crippen LogP contribution >= 0.6 is 7.82 Å². The van der Waals surface area contributed by atoms with Crippen molar-refractivity contribution in [3.8, 4) is 0 Å². The molecule has 0 saturated heterocycles. The maximum atomic E-state index is 12.8. The molecule has 0 aliphatic rings. The molecule has 0 aliphatic heterocycles. The largest absolute Gasteiger partial charge is 0.472 e. The van der Waals surface area contributed by atoms with E-state index < -0.39 is 26.5 Å². The number of allylic oxidation sites excluding steroid dienone is 22. The van der Waals surface area contributed by atoms with E-state index in [0.29, 0.717) is 6.42 Å². The molecule has 0 heterocycles. The molecule has 540 valence electrons. The topological polar surface area (TPSA) is 134 Å². The van der Waals surface area contributed by atoms with Crippen molar-refractivity contribution >= 4 is 19.8 Å². The molecule has 0 bridgehead atoms. The van der Waals surface area contributed by atoms with Crippen molar-refractivity contribution in [2.45, 2.75) is 360 Å². The molecule has 0 aromatic rings. The van der Waals surface area contributed by atoms with Crippen LogP contribution in [0.5, 0.6) is 0 Å². The average Bonchev–Trinajstić information content (AvgIpc) is 2.74. The Hall–Kier alpha value is -3.85. The van der Waals surface area contributed by atoms with Gasteiger partial charge in [-0.3, -0.25) is 18.6 Å². The van der Waals surface area contributed by atoms with Gasteiger partial charge in [0, 0.05) is 19.4 Å². The first kappa shape index (κ1) is 90.2. The predicted octanol–water partition coefficient (Wildman–Crippen LogP) is 26.4. The number of carbonyl (C=O) groups is 2. The first-order valence-corrected chi connectivity index (χ1v) is 40.7. The predicted molar refractivity (Wildman–Crippen MR) is 408 cm³/mol. The van der Waals surface area contributed by atoms with Gasteiger partial charge >= 0.3 is 19.8 Å². The summed E-state index contributed by atoms with van der Waals surface area (Å²) in [6, 6.07) is 0. The van der Waals surface area contributed by atoms with Crippen molar-refractivity contribution in [2.75, 3.05) is 26.4 Å². The molecule has 9 nitrogen and oxygen atoms in total. The molecule has 0 radical (unpaired) electrons. The van der Waals surface area contributed by atoms with Gasteiger partial charge in [-0.25, -0.2) is 4.57 Å². The minimum atomic E-state index is -4.41. The van der Waals surface area contributed by atoms with Crippen molar-refractivity contribution < 1.29 is 37.6 Å². The van der Waals surface area contributed by atoms with Crippen LogP contribution in [0.15, 0.2) is 134 Å². The summed E-state index contributed by atoms with van der Waals surface area (Å²) >= 11 is 0. The van der Waals surface area contributed by atoms with Crippen LogP contribution < -0.4 is 5.73 Å². The van der Waals surface area contributed by atoms with Crippen molar-refractivity contribution in [3.63, 3.8) is 0 Å².